The summed E-state index contributed by atoms with van der Waals surface area (Å²) in [5, 5.41) is 9.46. The van der Waals surface area contributed by atoms with Crippen LogP contribution >= 0.6 is 0 Å². The zero-order chi connectivity index (χ0) is 13.9. The summed E-state index contributed by atoms with van der Waals surface area (Å²) in [6.07, 6.45) is 2.34. The molecule has 0 spiro atoms. The van der Waals surface area contributed by atoms with Crippen molar-refractivity contribution in [2.75, 3.05) is 13.1 Å². The van der Waals surface area contributed by atoms with Gasteiger partial charge in [-0.2, -0.15) is 0 Å². The number of aromatic nitrogens is 1. The first-order valence-electron chi connectivity index (χ1n) is 6.72. The van der Waals surface area contributed by atoms with E-state index < -0.39 is 0 Å². The first-order valence-corrected chi connectivity index (χ1v) is 6.72. The lowest BCUT2D eigenvalue weighted by atomic mass is 10.1. The second-order valence-corrected chi connectivity index (χ2v) is 4.93. The fraction of sp³-hybridized carbons (Fsp3) is 0.333. The lowest BCUT2D eigenvalue weighted by Crippen LogP contribution is -2.40. The second kappa shape index (κ2) is 5.46. The number of rotatable bonds is 2. The van der Waals surface area contributed by atoms with Crippen molar-refractivity contribution in [3.63, 3.8) is 0 Å². The molecule has 1 aromatic carbocycles. The van der Waals surface area contributed by atoms with Crippen molar-refractivity contribution in [1.29, 1.82) is 0 Å². The molecule has 5 heteroatoms. The van der Waals surface area contributed by atoms with Crippen LogP contribution in [-0.2, 0) is 0 Å². The summed E-state index contributed by atoms with van der Waals surface area (Å²) in [5.74, 6) is 0.314. The van der Waals surface area contributed by atoms with Gasteiger partial charge >= 0.3 is 0 Å². The number of aliphatic hydroxyl groups is 1. The Morgan fingerprint density at radius 3 is 2.65 bits per heavy atom. The molecule has 3 rings (SSSR count). The molecule has 0 atom stereocenters. The number of hydrogen-bond acceptors (Lipinski definition) is 4. The smallest absolute Gasteiger partial charge is 0.275 e. The minimum atomic E-state index is -0.295. The van der Waals surface area contributed by atoms with Gasteiger partial charge in [0.15, 0.2) is 5.69 Å². The summed E-state index contributed by atoms with van der Waals surface area (Å²) >= 11 is 0. The molecule has 1 N–H and O–H groups in total. The molecule has 1 saturated heterocycles. The first-order chi connectivity index (χ1) is 9.74. The van der Waals surface area contributed by atoms with Gasteiger partial charge in [-0.05, 0) is 25.0 Å². The summed E-state index contributed by atoms with van der Waals surface area (Å²) in [6.45, 7) is 1.13. The normalized spacial score (nSPS) is 16.4. The highest BCUT2D eigenvalue weighted by atomic mass is 16.3. The van der Waals surface area contributed by atoms with Crippen molar-refractivity contribution in [1.82, 2.24) is 9.88 Å². The van der Waals surface area contributed by atoms with Crippen LogP contribution in [0.2, 0.25) is 0 Å². The largest absolute Gasteiger partial charge is 0.444 e. The third kappa shape index (κ3) is 2.58. The third-order valence-corrected chi connectivity index (χ3v) is 3.50. The summed E-state index contributed by atoms with van der Waals surface area (Å²) in [7, 11) is 0. The van der Waals surface area contributed by atoms with E-state index in [4.69, 9.17) is 4.42 Å². The molecular formula is C15H16N2O3. The maximum atomic E-state index is 12.3. The number of likely N-dealkylation sites (tertiary alicyclic amines) is 1. The summed E-state index contributed by atoms with van der Waals surface area (Å²) in [6, 6.07) is 9.48. The monoisotopic (exact) mass is 272 g/mol. The van der Waals surface area contributed by atoms with E-state index in [2.05, 4.69) is 4.98 Å². The number of hydrogen-bond donors (Lipinski definition) is 1. The minimum Gasteiger partial charge on any atom is -0.444 e. The van der Waals surface area contributed by atoms with E-state index in [1.54, 1.807) is 4.90 Å². The number of nitrogens with zero attached hydrogens (tertiary/aromatic N) is 2. The number of piperidine rings is 1. The van der Waals surface area contributed by atoms with Crippen molar-refractivity contribution in [2.45, 2.75) is 18.9 Å². The highest BCUT2D eigenvalue weighted by Gasteiger charge is 2.24. The topological polar surface area (TPSA) is 66.6 Å². The molecule has 1 amide bonds. The van der Waals surface area contributed by atoms with E-state index >= 15 is 0 Å². The van der Waals surface area contributed by atoms with Crippen LogP contribution in [0.15, 0.2) is 41.0 Å². The van der Waals surface area contributed by atoms with E-state index in [1.807, 2.05) is 30.3 Å². The molecule has 1 aliphatic rings. The maximum Gasteiger partial charge on any atom is 0.275 e. The summed E-state index contributed by atoms with van der Waals surface area (Å²) in [4.78, 5) is 18.2. The average Bonchev–Trinajstić information content (AvgIpc) is 2.98. The summed E-state index contributed by atoms with van der Waals surface area (Å²) < 4.78 is 5.38. The van der Waals surface area contributed by atoms with Crippen LogP contribution in [0.25, 0.3) is 11.5 Å². The molecule has 0 saturated carbocycles. The van der Waals surface area contributed by atoms with Gasteiger partial charge in [0.1, 0.15) is 6.26 Å². The Bertz CT molecular complexity index is 586. The van der Waals surface area contributed by atoms with Gasteiger partial charge in [-0.15, -0.1) is 0 Å². The lowest BCUT2D eigenvalue weighted by molar-refractivity contribution is 0.0541. The molecule has 1 fully saturated rings. The predicted octanol–water partition coefficient (Wildman–Crippen LogP) is 1.94. The Hall–Kier alpha value is -2.14. The number of benzene rings is 1. The van der Waals surface area contributed by atoms with Crippen molar-refractivity contribution in [3.05, 3.63) is 42.3 Å². The zero-order valence-corrected chi connectivity index (χ0v) is 11.0. The predicted molar refractivity (Wildman–Crippen MR) is 73.1 cm³/mol. The Kier molecular flexibility index (Phi) is 3.52. The zero-order valence-electron chi connectivity index (χ0n) is 11.0. The quantitative estimate of drug-likeness (QED) is 0.907. The first kappa shape index (κ1) is 12.9. The second-order valence-electron chi connectivity index (χ2n) is 4.93. The average molecular weight is 272 g/mol. The van der Waals surface area contributed by atoms with Crippen LogP contribution in [0.4, 0.5) is 0 Å². The van der Waals surface area contributed by atoms with Gasteiger partial charge in [-0.3, -0.25) is 4.79 Å². The van der Waals surface area contributed by atoms with Gasteiger partial charge in [0, 0.05) is 18.7 Å². The van der Waals surface area contributed by atoms with E-state index in [0.717, 1.165) is 5.56 Å². The number of oxazole rings is 1. The number of carbonyl (C=O) groups is 1. The molecule has 2 aromatic rings. The number of amides is 1. The fourth-order valence-electron chi connectivity index (χ4n) is 2.32. The molecule has 1 aromatic heterocycles. The molecule has 104 valence electrons. The minimum absolute atomic E-state index is 0.136. The van der Waals surface area contributed by atoms with Crippen molar-refractivity contribution < 1.29 is 14.3 Å². The van der Waals surface area contributed by atoms with Crippen LogP contribution in [0.3, 0.4) is 0 Å². The van der Waals surface area contributed by atoms with Crippen LogP contribution in [0.5, 0.6) is 0 Å². The van der Waals surface area contributed by atoms with E-state index in [-0.39, 0.29) is 12.0 Å². The van der Waals surface area contributed by atoms with E-state index in [9.17, 15) is 9.90 Å². The summed E-state index contributed by atoms with van der Waals surface area (Å²) in [5.41, 5.74) is 1.17. The molecule has 0 aliphatic carbocycles. The van der Waals surface area contributed by atoms with Crippen LogP contribution in [0.1, 0.15) is 23.3 Å². The highest BCUT2D eigenvalue weighted by Crippen LogP contribution is 2.20. The molecule has 5 nitrogen and oxygen atoms in total. The molecular weight excluding hydrogens is 256 g/mol. The third-order valence-electron chi connectivity index (χ3n) is 3.50. The molecule has 0 unspecified atom stereocenters. The van der Waals surface area contributed by atoms with Gasteiger partial charge in [0.25, 0.3) is 5.91 Å². The molecule has 0 radical (unpaired) electrons. The van der Waals surface area contributed by atoms with Crippen molar-refractivity contribution in [3.8, 4) is 11.5 Å². The lowest BCUT2D eigenvalue weighted by Gasteiger charge is -2.28. The van der Waals surface area contributed by atoms with E-state index in [1.165, 1.54) is 6.26 Å². The maximum absolute atomic E-state index is 12.3. The van der Waals surface area contributed by atoms with Gasteiger partial charge < -0.3 is 14.4 Å². The fourth-order valence-corrected chi connectivity index (χ4v) is 2.32. The Labute approximate surface area is 116 Å². The van der Waals surface area contributed by atoms with Crippen LogP contribution in [-0.4, -0.2) is 40.1 Å². The molecule has 0 bridgehead atoms. The Morgan fingerprint density at radius 2 is 1.95 bits per heavy atom. The molecule has 1 aliphatic heterocycles. The number of carbonyl (C=O) groups excluding carboxylic acids is 1. The van der Waals surface area contributed by atoms with Crippen molar-refractivity contribution >= 4 is 5.91 Å². The van der Waals surface area contributed by atoms with Crippen LogP contribution in [0, 0.1) is 0 Å². The SMILES string of the molecule is O=C(c1coc(-c2ccccc2)n1)N1CCC(O)CC1. The highest BCUT2D eigenvalue weighted by molar-refractivity contribution is 5.92. The molecule has 2 heterocycles. The van der Waals surface area contributed by atoms with Crippen molar-refractivity contribution in [2.24, 2.45) is 0 Å². The van der Waals surface area contributed by atoms with Gasteiger partial charge in [0.05, 0.1) is 6.10 Å². The van der Waals surface area contributed by atoms with Gasteiger partial charge in [0.2, 0.25) is 5.89 Å². The Balaban J connectivity index is 1.75. The van der Waals surface area contributed by atoms with Crippen LogP contribution < -0.4 is 0 Å². The van der Waals surface area contributed by atoms with E-state index in [0.29, 0.717) is 37.5 Å². The van der Waals surface area contributed by atoms with Gasteiger partial charge in [-0.25, -0.2) is 4.98 Å². The standard InChI is InChI=1S/C15H16N2O3/c18-12-6-8-17(9-7-12)15(19)13-10-20-14(16-13)11-4-2-1-3-5-11/h1-5,10,12,18H,6-9H2. The molecule has 20 heavy (non-hydrogen) atoms. The Morgan fingerprint density at radius 1 is 1.25 bits per heavy atom. The number of aliphatic hydroxyl groups excluding tert-OH is 1. The van der Waals surface area contributed by atoms with Gasteiger partial charge in [-0.1, -0.05) is 18.2 Å².